The molecule has 0 saturated carbocycles. The van der Waals surface area contributed by atoms with Gasteiger partial charge in [-0.25, -0.2) is 0 Å². The third kappa shape index (κ3) is 3.63. The van der Waals surface area contributed by atoms with Gasteiger partial charge in [0.05, 0.1) is 11.4 Å². The summed E-state index contributed by atoms with van der Waals surface area (Å²) in [5.41, 5.74) is 3.80. The quantitative estimate of drug-likeness (QED) is 0.795. The summed E-state index contributed by atoms with van der Waals surface area (Å²) in [7, 11) is 0. The molecule has 0 bridgehead atoms. The summed E-state index contributed by atoms with van der Waals surface area (Å²) in [5, 5.41) is 0. The van der Waals surface area contributed by atoms with Gasteiger partial charge in [-0.15, -0.1) is 12.4 Å². The number of halogens is 1. The van der Waals surface area contributed by atoms with E-state index in [1.807, 2.05) is 42.5 Å². The Morgan fingerprint density at radius 1 is 1.00 bits per heavy atom. The molecule has 1 aliphatic rings. The maximum atomic E-state index is 12.1. The lowest BCUT2D eigenvalue weighted by molar-refractivity contribution is 0.0910. The van der Waals surface area contributed by atoms with E-state index in [9.17, 15) is 4.79 Å². The van der Waals surface area contributed by atoms with Crippen LogP contribution in [0.5, 0.6) is 0 Å². The van der Waals surface area contributed by atoms with Crippen molar-refractivity contribution in [2.75, 3.05) is 0 Å². The number of carbonyl (C=O) groups excluding carboxylic acids is 1. The molecule has 1 aromatic carbocycles. The Hall–Kier alpha value is -1.93. The first-order chi connectivity index (χ1) is 10.0. The summed E-state index contributed by atoms with van der Waals surface area (Å²) in [5.74, 6) is 0.215. The molecule has 0 saturated heterocycles. The van der Waals surface area contributed by atoms with E-state index in [0.717, 1.165) is 28.9 Å². The van der Waals surface area contributed by atoms with E-state index in [1.54, 1.807) is 0 Å². The van der Waals surface area contributed by atoms with Crippen LogP contribution in [0.2, 0.25) is 0 Å². The standard InChI is InChI=1S/C19H19NO.ClH/c1-19(2)12-17-16(18(21)13-19)11-10-15(20-17)9-8-14-6-4-3-5-7-14;/h3-11H,12-13H2,1-2H3;1H/b9-8+;. The van der Waals surface area contributed by atoms with E-state index < -0.39 is 0 Å². The molecule has 0 fully saturated rings. The van der Waals surface area contributed by atoms with Gasteiger partial charge in [-0.1, -0.05) is 50.3 Å². The molecular formula is C19H20ClNO. The Bertz CT molecular complexity index is 705. The second-order valence-electron chi connectivity index (χ2n) is 6.42. The number of pyridine rings is 1. The number of fused-ring (bicyclic) bond motifs is 1. The third-order valence-corrected chi connectivity index (χ3v) is 3.83. The summed E-state index contributed by atoms with van der Waals surface area (Å²) >= 11 is 0. The number of carbonyl (C=O) groups is 1. The first-order valence-corrected chi connectivity index (χ1v) is 7.30. The van der Waals surface area contributed by atoms with Crippen molar-refractivity contribution >= 4 is 30.3 Å². The van der Waals surface area contributed by atoms with Crippen LogP contribution in [-0.2, 0) is 6.42 Å². The van der Waals surface area contributed by atoms with Crippen LogP contribution in [0.4, 0.5) is 0 Å². The summed E-state index contributed by atoms with van der Waals surface area (Å²) < 4.78 is 0. The number of ketones is 1. The van der Waals surface area contributed by atoms with E-state index in [1.165, 1.54) is 0 Å². The minimum absolute atomic E-state index is 0. The fraction of sp³-hybridized carbons (Fsp3) is 0.263. The average Bonchev–Trinajstić information content (AvgIpc) is 2.44. The molecule has 22 heavy (non-hydrogen) atoms. The van der Waals surface area contributed by atoms with Gasteiger partial charge in [0, 0.05) is 12.0 Å². The number of rotatable bonds is 2. The van der Waals surface area contributed by atoms with E-state index in [2.05, 4.69) is 31.0 Å². The van der Waals surface area contributed by atoms with Crippen LogP contribution in [0.25, 0.3) is 12.2 Å². The lowest BCUT2D eigenvalue weighted by Crippen LogP contribution is -2.27. The lowest BCUT2D eigenvalue weighted by atomic mass is 9.75. The van der Waals surface area contributed by atoms with E-state index in [-0.39, 0.29) is 23.6 Å². The molecule has 0 spiro atoms. The van der Waals surface area contributed by atoms with Gasteiger partial charge in [-0.3, -0.25) is 9.78 Å². The Kier molecular flexibility index (Phi) is 4.82. The van der Waals surface area contributed by atoms with Crippen molar-refractivity contribution in [1.82, 2.24) is 4.98 Å². The number of nitrogens with zero attached hydrogens (tertiary/aromatic N) is 1. The molecule has 0 amide bonds. The zero-order chi connectivity index (χ0) is 14.9. The SMILES string of the molecule is CC1(C)CC(=O)c2ccc(/C=C/c3ccccc3)nc2C1.Cl. The van der Waals surface area contributed by atoms with Gasteiger partial charge >= 0.3 is 0 Å². The second kappa shape index (κ2) is 6.45. The van der Waals surface area contributed by atoms with Gasteiger partial charge in [0.1, 0.15) is 0 Å². The number of hydrogen-bond acceptors (Lipinski definition) is 2. The third-order valence-electron chi connectivity index (χ3n) is 3.83. The van der Waals surface area contributed by atoms with Crippen molar-refractivity contribution in [2.24, 2.45) is 5.41 Å². The number of Topliss-reactive ketones (excluding diaryl/α,β-unsaturated/α-hetero) is 1. The summed E-state index contributed by atoms with van der Waals surface area (Å²) in [6, 6.07) is 14.0. The van der Waals surface area contributed by atoms with Gasteiger partial charge in [0.25, 0.3) is 0 Å². The van der Waals surface area contributed by atoms with Gasteiger partial charge in [-0.05, 0) is 35.6 Å². The van der Waals surface area contributed by atoms with Crippen LogP contribution in [0.1, 0.15) is 47.6 Å². The van der Waals surface area contributed by atoms with Crippen LogP contribution in [0.3, 0.4) is 0 Å². The zero-order valence-electron chi connectivity index (χ0n) is 12.9. The number of hydrogen-bond donors (Lipinski definition) is 0. The van der Waals surface area contributed by atoms with Crippen LogP contribution in [0.15, 0.2) is 42.5 Å². The highest BCUT2D eigenvalue weighted by Gasteiger charge is 2.31. The van der Waals surface area contributed by atoms with Crippen molar-refractivity contribution in [1.29, 1.82) is 0 Å². The Morgan fingerprint density at radius 2 is 1.73 bits per heavy atom. The molecule has 2 nitrogen and oxygen atoms in total. The summed E-state index contributed by atoms with van der Waals surface area (Å²) in [6.07, 6.45) is 5.52. The molecule has 1 aromatic heterocycles. The lowest BCUT2D eigenvalue weighted by Gasteiger charge is -2.29. The molecule has 1 aliphatic carbocycles. The van der Waals surface area contributed by atoms with Crippen molar-refractivity contribution in [3.63, 3.8) is 0 Å². The molecule has 0 atom stereocenters. The first-order valence-electron chi connectivity index (χ1n) is 7.30. The molecule has 3 heteroatoms. The fourth-order valence-corrected chi connectivity index (χ4v) is 2.79. The Balaban J connectivity index is 0.00000176. The molecular weight excluding hydrogens is 294 g/mol. The molecule has 0 unspecified atom stereocenters. The van der Waals surface area contributed by atoms with Crippen LogP contribution in [-0.4, -0.2) is 10.8 Å². The van der Waals surface area contributed by atoms with Crippen molar-refractivity contribution < 1.29 is 4.79 Å². The molecule has 0 aliphatic heterocycles. The molecule has 3 rings (SSSR count). The first kappa shape index (κ1) is 16.4. The van der Waals surface area contributed by atoms with Crippen LogP contribution >= 0.6 is 12.4 Å². The molecule has 1 heterocycles. The van der Waals surface area contributed by atoms with E-state index >= 15 is 0 Å². The monoisotopic (exact) mass is 313 g/mol. The molecule has 0 N–H and O–H groups in total. The Labute approximate surface area is 137 Å². The van der Waals surface area contributed by atoms with Gasteiger partial charge in [0.15, 0.2) is 5.78 Å². The van der Waals surface area contributed by atoms with Gasteiger partial charge < -0.3 is 0 Å². The normalized spacial score (nSPS) is 16.2. The smallest absolute Gasteiger partial charge is 0.165 e. The fourth-order valence-electron chi connectivity index (χ4n) is 2.79. The van der Waals surface area contributed by atoms with Crippen molar-refractivity contribution in [3.8, 4) is 0 Å². The highest BCUT2D eigenvalue weighted by molar-refractivity contribution is 5.98. The predicted octanol–water partition coefficient (Wildman–Crippen LogP) is 4.83. The second-order valence-corrected chi connectivity index (χ2v) is 6.42. The van der Waals surface area contributed by atoms with E-state index in [4.69, 9.17) is 0 Å². The van der Waals surface area contributed by atoms with E-state index in [0.29, 0.717) is 6.42 Å². The van der Waals surface area contributed by atoms with Gasteiger partial charge in [0.2, 0.25) is 0 Å². The summed E-state index contributed by atoms with van der Waals surface area (Å²) in [4.78, 5) is 16.8. The van der Waals surface area contributed by atoms with Crippen LogP contribution < -0.4 is 0 Å². The molecule has 114 valence electrons. The largest absolute Gasteiger partial charge is 0.294 e. The summed E-state index contributed by atoms with van der Waals surface area (Å²) in [6.45, 7) is 4.25. The number of benzene rings is 1. The molecule has 2 aromatic rings. The maximum Gasteiger partial charge on any atom is 0.165 e. The average molecular weight is 314 g/mol. The highest BCUT2D eigenvalue weighted by atomic mass is 35.5. The maximum absolute atomic E-state index is 12.1. The topological polar surface area (TPSA) is 30.0 Å². The minimum atomic E-state index is 0. The van der Waals surface area contributed by atoms with Crippen molar-refractivity contribution in [3.05, 3.63) is 65.0 Å². The van der Waals surface area contributed by atoms with Crippen molar-refractivity contribution in [2.45, 2.75) is 26.7 Å². The van der Waals surface area contributed by atoms with Crippen LogP contribution in [0, 0.1) is 5.41 Å². The Morgan fingerprint density at radius 3 is 2.45 bits per heavy atom. The molecule has 0 radical (unpaired) electrons. The minimum Gasteiger partial charge on any atom is -0.294 e. The van der Waals surface area contributed by atoms with Gasteiger partial charge in [-0.2, -0.15) is 0 Å². The highest BCUT2D eigenvalue weighted by Crippen LogP contribution is 2.33. The predicted molar refractivity (Wildman–Crippen MR) is 93.3 cm³/mol. The number of aromatic nitrogens is 1. The zero-order valence-corrected chi connectivity index (χ0v) is 13.7.